The van der Waals surface area contributed by atoms with Gasteiger partial charge in [-0.25, -0.2) is 9.97 Å². The number of carboxylic acid groups (broad SMARTS) is 1. The molecule has 1 saturated heterocycles. The minimum atomic E-state index is -0.724. The predicted octanol–water partition coefficient (Wildman–Crippen LogP) is 3.66. The third kappa shape index (κ3) is 2.63. The number of aromatic nitrogens is 2. The van der Waals surface area contributed by atoms with Crippen molar-refractivity contribution in [2.45, 2.75) is 12.8 Å². The molecule has 1 aliphatic heterocycles. The van der Waals surface area contributed by atoms with E-state index in [1.807, 2.05) is 18.2 Å². The van der Waals surface area contributed by atoms with Gasteiger partial charge in [-0.1, -0.05) is 30.3 Å². The summed E-state index contributed by atoms with van der Waals surface area (Å²) in [6.07, 6.45) is 3.18. The average molecular weight is 339 g/mol. The van der Waals surface area contributed by atoms with Gasteiger partial charge in [0.15, 0.2) is 0 Å². The van der Waals surface area contributed by atoms with E-state index in [0.29, 0.717) is 6.54 Å². The first kappa shape index (κ1) is 15.1. The monoisotopic (exact) mass is 339 g/mol. The molecule has 1 aromatic carbocycles. The zero-order valence-corrected chi connectivity index (χ0v) is 13.9. The van der Waals surface area contributed by atoms with Crippen molar-refractivity contribution < 1.29 is 9.90 Å². The fourth-order valence-electron chi connectivity index (χ4n) is 3.30. The Hall–Kier alpha value is -2.47. The summed E-state index contributed by atoms with van der Waals surface area (Å²) in [6, 6.07) is 10.2. The van der Waals surface area contributed by atoms with E-state index in [0.717, 1.165) is 46.5 Å². The summed E-state index contributed by atoms with van der Waals surface area (Å²) in [5.41, 5.74) is 2.25. The van der Waals surface area contributed by atoms with E-state index in [4.69, 9.17) is 0 Å². The molecule has 0 aliphatic carbocycles. The van der Waals surface area contributed by atoms with Crippen molar-refractivity contribution in [3.8, 4) is 11.1 Å². The van der Waals surface area contributed by atoms with Crippen LogP contribution in [0.4, 0.5) is 5.82 Å². The Balaban J connectivity index is 1.81. The summed E-state index contributed by atoms with van der Waals surface area (Å²) in [4.78, 5) is 23.3. The summed E-state index contributed by atoms with van der Waals surface area (Å²) >= 11 is 1.60. The van der Waals surface area contributed by atoms with Gasteiger partial charge in [-0.05, 0) is 18.4 Å². The maximum atomic E-state index is 11.4. The molecule has 0 unspecified atom stereocenters. The van der Waals surface area contributed by atoms with E-state index in [1.54, 1.807) is 17.7 Å². The minimum absolute atomic E-state index is 0.331. The van der Waals surface area contributed by atoms with Crippen LogP contribution in [0, 0.1) is 5.92 Å². The van der Waals surface area contributed by atoms with Crippen molar-refractivity contribution in [3.63, 3.8) is 0 Å². The zero-order valence-electron chi connectivity index (χ0n) is 13.1. The van der Waals surface area contributed by atoms with Gasteiger partial charge in [0.05, 0.1) is 11.3 Å². The SMILES string of the molecule is O=C(O)[C@H]1CCCN(c2ncnc3scc(-c4ccccc4)c23)C1. The average Bonchev–Trinajstić information content (AvgIpc) is 3.07. The molecule has 1 N–H and O–H groups in total. The highest BCUT2D eigenvalue weighted by molar-refractivity contribution is 7.17. The van der Waals surface area contributed by atoms with Crippen LogP contribution in [0.3, 0.4) is 0 Å². The first-order valence-electron chi connectivity index (χ1n) is 7.99. The molecule has 6 heteroatoms. The van der Waals surface area contributed by atoms with Crippen LogP contribution in [0.1, 0.15) is 12.8 Å². The van der Waals surface area contributed by atoms with Gasteiger partial charge in [-0.2, -0.15) is 0 Å². The van der Waals surface area contributed by atoms with Crippen LogP contribution in [0.5, 0.6) is 0 Å². The van der Waals surface area contributed by atoms with Gasteiger partial charge in [0.2, 0.25) is 0 Å². The fraction of sp³-hybridized carbons (Fsp3) is 0.278. The zero-order chi connectivity index (χ0) is 16.5. The number of fused-ring (bicyclic) bond motifs is 1. The van der Waals surface area contributed by atoms with Crippen LogP contribution in [0.2, 0.25) is 0 Å². The molecule has 0 spiro atoms. The molecule has 0 amide bonds. The van der Waals surface area contributed by atoms with Gasteiger partial charge in [-0.15, -0.1) is 11.3 Å². The van der Waals surface area contributed by atoms with Gasteiger partial charge >= 0.3 is 5.97 Å². The number of anilines is 1. The van der Waals surface area contributed by atoms with E-state index in [9.17, 15) is 9.90 Å². The standard InChI is InChI=1S/C18H17N3O2S/c22-18(23)13-7-4-8-21(9-13)16-15-14(12-5-2-1-3-6-12)10-24-17(15)20-11-19-16/h1-3,5-6,10-11,13H,4,7-9H2,(H,22,23)/t13-/m0/s1. The lowest BCUT2D eigenvalue weighted by Crippen LogP contribution is -2.39. The smallest absolute Gasteiger partial charge is 0.308 e. The van der Waals surface area contributed by atoms with Crippen molar-refractivity contribution in [1.82, 2.24) is 9.97 Å². The van der Waals surface area contributed by atoms with Gasteiger partial charge in [0, 0.05) is 24.0 Å². The highest BCUT2D eigenvalue weighted by atomic mass is 32.1. The molecule has 0 radical (unpaired) electrons. The largest absolute Gasteiger partial charge is 0.481 e. The normalized spacial score (nSPS) is 18.0. The molecule has 24 heavy (non-hydrogen) atoms. The lowest BCUT2D eigenvalue weighted by molar-refractivity contribution is -0.141. The van der Waals surface area contributed by atoms with Crippen LogP contribution in [-0.2, 0) is 4.79 Å². The number of rotatable bonds is 3. The lowest BCUT2D eigenvalue weighted by Gasteiger charge is -2.32. The molecule has 0 bridgehead atoms. The molecule has 1 fully saturated rings. The molecule has 2 aromatic heterocycles. The fourth-order valence-corrected chi connectivity index (χ4v) is 4.21. The lowest BCUT2D eigenvalue weighted by atomic mass is 9.97. The van der Waals surface area contributed by atoms with Crippen LogP contribution in [0.25, 0.3) is 21.3 Å². The third-order valence-electron chi connectivity index (χ3n) is 4.51. The third-order valence-corrected chi connectivity index (χ3v) is 5.39. The van der Waals surface area contributed by atoms with Crippen LogP contribution >= 0.6 is 11.3 Å². The molecule has 122 valence electrons. The van der Waals surface area contributed by atoms with Crippen molar-refractivity contribution in [2.24, 2.45) is 5.92 Å². The predicted molar refractivity (Wildman–Crippen MR) is 95.4 cm³/mol. The number of hydrogen-bond acceptors (Lipinski definition) is 5. The molecule has 5 nitrogen and oxygen atoms in total. The second-order valence-corrected chi connectivity index (χ2v) is 6.87. The molecule has 3 aromatic rings. The van der Waals surface area contributed by atoms with Gasteiger partial charge in [0.1, 0.15) is 17.0 Å². The number of thiophene rings is 1. The van der Waals surface area contributed by atoms with Crippen molar-refractivity contribution in [2.75, 3.05) is 18.0 Å². The second-order valence-electron chi connectivity index (χ2n) is 6.02. The topological polar surface area (TPSA) is 66.3 Å². The maximum Gasteiger partial charge on any atom is 0.308 e. The van der Waals surface area contributed by atoms with E-state index in [1.165, 1.54) is 0 Å². The quantitative estimate of drug-likeness (QED) is 0.789. The van der Waals surface area contributed by atoms with Crippen LogP contribution < -0.4 is 4.90 Å². The summed E-state index contributed by atoms with van der Waals surface area (Å²) in [5, 5.41) is 12.5. The Morgan fingerprint density at radius 3 is 2.88 bits per heavy atom. The Bertz CT molecular complexity index is 878. The highest BCUT2D eigenvalue weighted by Gasteiger charge is 2.28. The van der Waals surface area contributed by atoms with Crippen molar-refractivity contribution in [3.05, 3.63) is 42.0 Å². The number of carboxylic acids is 1. The first-order chi connectivity index (χ1) is 11.7. The molecule has 4 rings (SSSR count). The Morgan fingerprint density at radius 2 is 2.08 bits per heavy atom. The Kier molecular flexibility index (Phi) is 3.90. The van der Waals surface area contributed by atoms with E-state index < -0.39 is 5.97 Å². The molecule has 1 atom stereocenters. The van der Waals surface area contributed by atoms with E-state index in [-0.39, 0.29) is 5.92 Å². The summed E-state index contributed by atoms with van der Waals surface area (Å²) in [5.74, 6) is -0.202. The van der Waals surface area contributed by atoms with E-state index >= 15 is 0 Å². The Labute approximate surface area is 143 Å². The van der Waals surface area contributed by atoms with Gasteiger partial charge in [0.25, 0.3) is 0 Å². The first-order valence-corrected chi connectivity index (χ1v) is 8.87. The van der Waals surface area contributed by atoms with Gasteiger partial charge < -0.3 is 10.0 Å². The second kappa shape index (κ2) is 6.20. The van der Waals surface area contributed by atoms with Crippen LogP contribution in [-0.4, -0.2) is 34.1 Å². The molecule has 3 heterocycles. The highest BCUT2D eigenvalue weighted by Crippen LogP contribution is 2.38. The number of aliphatic carboxylic acids is 1. The summed E-state index contributed by atoms with van der Waals surface area (Å²) in [6.45, 7) is 1.34. The molecule has 1 aliphatic rings. The summed E-state index contributed by atoms with van der Waals surface area (Å²) < 4.78 is 0. The Morgan fingerprint density at radius 1 is 1.25 bits per heavy atom. The van der Waals surface area contributed by atoms with Crippen molar-refractivity contribution in [1.29, 1.82) is 0 Å². The molecule has 0 saturated carbocycles. The maximum absolute atomic E-state index is 11.4. The number of nitrogens with zero attached hydrogens (tertiary/aromatic N) is 3. The summed E-state index contributed by atoms with van der Waals surface area (Å²) in [7, 11) is 0. The number of carbonyl (C=O) groups is 1. The number of benzene rings is 1. The number of piperidine rings is 1. The number of hydrogen-bond donors (Lipinski definition) is 1. The van der Waals surface area contributed by atoms with E-state index in [2.05, 4.69) is 32.4 Å². The van der Waals surface area contributed by atoms with Crippen LogP contribution in [0.15, 0.2) is 42.0 Å². The molecular weight excluding hydrogens is 322 g/mol. The minimum Gasteiger partial charge on any atom is -0.481 e. The van der Waals surface area contributed by atoms with Crippen molar-refractivity contribution >= 4 is 33.3 Å². The molecular formula is C18H17N3O2S. The van der Waals surface area contributed by atoms with Gasteiger partial charge in [-0.3, -0.25) is 4.79 Å².